The molecule has 2 aromatic carbocycles. The lowest BCUT2D eigenvalue weighted by Gasteiger charge is -2.22. The predicted molar refractivity (Wildman–Crippen MR) is 91.9 cm³/mol. The highest BCUT2D eigenvalue weighted by Crippen LogP contribution is 2.26. The van der Waals surface area contributed by atoms with E-state index in [4.69, 9.17) is 17.0 Å². The molecule has 0 aliphatic carbocycles. The van der Waals surface area contributed by atoms with Gasteiger partial charge in [-0.3, -0.25) is 0 Å². The zero-order chi connectivity index (χ0) is 15.9. The number of carbonyl (C=O) groups excluding carboxylic acids is 1. The molecule has 0 radical (unpaired) electrons. The summed E-state index contributed by atoms with van der Waals surface area (Å²) in [5.41, 5.74) is 0.972. The van der Waals surface area contributed by atoms with Crippen molar-refractivity contribution in [1.29, 1.82) is 0 Å². The summed E-state index contributed by atoms with van der Waals surface area (Å²) in [6, 6.07) is 15.3. The average molecular weight is 311 g/mol. The maximum Gasteiger partial charge on any atom is 0.419 e. The average Bonchev–Trinajstić information content (AvgIpc) is 2.46. The molecule has 112 valence electrons. The second-order valence-electron chi connectivity index (χ2n) is 6.18. The first-order chi connectivity index (χ1) is 10.4. The quantitative estimate of drug-likeness (QED) is 0.416. The number of para-hydroxylation sites is 2. The van der Waals surface area contributed by atoms with Gasteiger partial charge in [0.25, 0.3) is 0 Å². The molecule has 0 fully saturated rings. The minimum atomic E-state index is -0.557. The van der Waals surface area contributed by atoms with Gasteiger partial charge in [-0.15, -0.1) is 0 Å². The molecular formula is C18H17NO2S. The van der Waals surface area contributed by atoms with E-state index in [1.807, 2.05) is 69.3 Å². The van der Waals surface area contributed by atoms with Gasteiger partial charge in [0, 0.05) is 10.8 Å². The minimum Gasteiger partial charge on any atom is -0.443 e. The summed E-state index contributed by atoms with van der Waals surface area (Å²) in [6.07, 6.45) is -0.394. The Morgan fingerprint density at radius 2 is 1.41 bits per heavy atom. The third-order valence-corrected chi connectivity index (χ3v) is 3.80. The van der Waals surface area contributed by atoms with Crippen molar-refractivity contribution in [3.05, 3.63) is 53.0 Å². The number of hydrogen-bond acceptors (Lipinski definition) is 3. The normalized spacial score (nSPS) is 11.8. The molecule has 0 saturated carbocycles. The van der Waals surface area contributed by atoms with Crippen LogP contribution in [0.5, 0.6) is 0 Å². The van der Waals surface area contributed by atoms with Gasteiger partial charge in [-0.05, 0) is 32.9 Å². The molecule has 0 saturated heterocycles. The van der Waals surface area contributed by atoms with Gasteiger partial charge in [0.1, 0.15) is 5.60 Å². The van der Waals surface area contributed by atoms with Crippen molar-refractivity contribution in [2.75, 3.05) is 0 Å². The van der Waals surface area contributed by atoms with Crippen LogP contribution in [-0.2, 0) is 4.74 Å². The van der Waals surface area contributed by atoms with E-state index in [9.17, 15) is 4.79 Å². The van der Waals surface area contributed by atoms with Gasteiger partial charge < -0.3 is 4.74 Å². The largest absolute Gasteiger partial charge is 0.443 e. The van der Waals surface area contributed by atoms with Crippen LogP contribution < -0.4 is 0 Å². The topological polar surface area (TPSA) is 31.2 Å². The SMILES string of the molecule is CC(C)(C)OC(=O)n1c2ccccc2c(=S)c2ccccc21. The standard InChI is InChI=1S/C18H17NO2S/c1-18(2,3)21-17(20)19-14-10-6-4-8-12(14)16(22)13-9-5-7-11-15(13)19/h4-11H,1-3H3. The molecule has 0 N–H and O–H groups in total. The molecule has 0 bridgehead atoms. The molecule has 0 unspecified atom stereocenters. The van der Waals surface area contributed by atoms with Crippen LogP contribution in [0, 0.1) is 4.51 Å². The van der Waals surface area contributed by atoms with Gasteiger partial charge in [0.05, 0.1) is 15.5 Å². The summed E-state index contributed by atoms with van der Waals surface area (Å²) in [7, 11) is 0. The molecule has 22 heavy (non-hydrogen) atoms. The second kappa shape index (κ2) is 5.21. The first-order valence-electron chi connectivity index (χ1n) is 7.14. The smallest absolute Gasteiger partial charge is 0.419 e. The van der Waals surface area contributed by atoms with Gasteiger partial charge in [-0.25, -0.2) is 9.36 Å². The van der Waals surface area contributed by atoms with E-state index in [-0.39, 0.29) is 0 Å². The molecule has 4 heteroatoms. The Labute approximate surface area is 134 Å². The summed E-state index contributed by atoms with van der Waals surface area (Å²) in [4.78, 5) is 12.7. The summed E-state index contributed by atoms with van der Waals surface area (Å²) >= 11 is 5.59. The summed E-state index contributed by atoms with van der Waals surface area (Å²) in [5, 5.41) is 1.75. The van der Waals surface area contributed by atoms with E-state index >= 15 is 0 Å². The summed E-state index contributed by atoms with van der Waals surface area (Å²) in [5.74, 6) is 0. The number of nitrogens with zero attached hydrogens (tertiary/aromatic N) is 1. The van der Waals surface area contributed by atoms with Crippen molar-refractivity contribution in [2.24, 2.45) is 0 Å². The minimum absolute atomic E-state index is 0.394. The molecule has 0 amide bonds. The fourth-order valence-electron chi connectivity index (χ4n) is 2.50. The van der Waals surface area contributed by atoms with E-state index in [0.717, 1.165) is 26.3 Å². The zero-order valence-electron chi connectivity index (χ0n) is 12.8. The Kier molecular flexibility index (Phi) is 3.49. The van der Waals surface area contributed by atoms with Crippen LogP contribution >= 0.6 is 12.2 Å². The highest BCUT2D eigenvalue weighted by Gasteiger charge is 2.20. The molecule has 1 aromatic heterocycles. The number of rotatable bonds is 0. The Balaban J connectivity index is 2.42. The molecule has 3 rings (SSSR count). The lowest BCUT2D eigenvalue weighted by molar-refractivity contribution is 0.0551. The van der Waals surface area contributed by atoms with E-state index in [1.54, 1.807) is 4.57 Å². The van der Waals surface area contributed by atoms with Crippen LogP contribution in [0.25, 0.3) is 21.8 Å². The maximum absolute atomic E-state index is 12.7. The van der Waals surface area contributed by atoms with Crippen LogP contribution in [0.1, 0.15) is 20.8 Å². The van der Waals surface area contributed by atoms with Crippen LogP contribution in [0.15, 0.2) is 48.5 Å². The molecule has 0 atom stereocenters. The van der Waals surface area contributed by atoms with Gasteiger partial charge in [0.15, 0.2) is 0 Å². The molecule has 0 spiro atoms. The van der Waals surface area contributed by atoms with Gasteiger partial charge in [0.2, 0.25) is 0 Å². The van der Waals surface area contributed by atoms with Crippen LogP contribution in [0.2, 0.25) is 0 Å². The van der Waals surface area contributed by atoms with Gasteiger partial charge >= 0.3 is 6.09 Å². The van der Waals surface area contributed by atoms with Crippen LogP contribution in [0.3, 0.4) is 0 Å². The Morgan fingerprint density at radius 3 is 1.86 bits per heavy atom. The van der Waals surface area contributed by atoms with Crippen molar-refractivity contribution < 1.29 is 9.53 Å². The number of aromatic nitrogens is 1. The van der Waals surface area contributed by atoms with E-state index in [2.05, 4.69) is 0 Å². The maximum atomic E-state index is 12.7. The monoisotopic (exact) mass is 311 g/mol. The Morgan fingerprint density at radius 1 is 0.955 bits per heavy atom. The molecule has 1 heterocycles. The number of fused-ring (bicyclic) bond motifs is 2. The van der Waals surface area contributed by atoms with Crippen LogP contribution in [-0.4, -0.2) is 16.3 Å². The highest BCUT2D eigenvalue weighted by atomic mass is 32.1. The summed E-state index contributed by atoms with van der Waals surface area (Å²) in [6.45, 7) is 5.58. The molecule has 0 aliphatic rings. The molecule has 3 nitrogen and oxygen atoms in total. The fourth-order valence-corrected chi connectivity index (χ4v) is 2.85. The molecular weight excluding hydrogens is 294 g/mol. The first-order valence-corrected chi connectivity index (χ1v) is 7.55. The zero-order valence-corrected chi connectivity index (χ0v) is 13.6. The lowest BCUT2D eigenvalue weighted by Crippen LogP contribution is -2.27. The third-order valence-electron chi connectivity index (χ3n) is 3.36. The van der Waals surface area contributed by atoms with E-state index in [0.29, 0.717) is 0 Å². The molecule has 3 aromatic rings. The Hall–Kier alpha value is -2.20. The van der Waals surface area contributed by atoms with Crippen molar-refractivity contribution >= 4 is 40.1 Å². The van der Waals surface area contributed by atoms with Crippen molar-refractivity contribution in [3.8, 4) is 0 Å². The first kappa shape index (κ1) is 14.7. The van der Waals surface area contributed by atoms with Crippen molar-refractivity contribution in [2.45, 2.75) is 26.4 Å². The Bertz CT molecular complexity index is 875. The predicted octanol–water partition coefficient (Wildman–Crippen LogP) is 5.31. The highest BCUT2D eigenvalue weighted by molar-refractivity contribution is 7.72. The number of pyridine rings is 1. The number of hydrogen-bond donors (Lipinski definition) is 0. The molecule has 0 aliphatic heterocycles. The lowest BCUT2D eigenvalue weighted by atomic mass is 10.1. The van der Waals surface area contributed by atoms with Gasteiger partial charge in [-0.2, -0.15) is 0 Å². The number of benzene rings is 2. The van der Waals surface area contributed by atoms with Crippen LogP contribution in [0.4, 0.5) is 4.79 Å². The second-order valence-corrected chi connectivity index (χ2v) is 6.59. The number of ether oxygens (including phenoxy) is 1. The van der Waals surface area contributed by atoms with E-state index in [1.165, 1.54) is 0 Å². The van der Waals surface area contributed by atoms with E-state index < -0.39 is 11.7 Å². The third kappa shape index (κ3) is 2.50. The van der Waals surface area contributed by atoms with Crippen molar-refractivity contribution in [1.82, 2.24) is 4.57 Å². The van der Waals surface area contributed by atoms with Crippen molar-refractivity contribution in [3.63, 3.8) is 0 Å². The number of carbonyl (C=O) groups is 1. The van der Waals surface area contributed by atoms with Gasteiger partial charge in [-0.1, -0.05) is 48.6 Å². The summed E-state index contributed by atoms with van der Waals surface area (Å²) < 4.78 is 7.93. The fraction of sp³-hybridized carbons (Fsp3) is 0.222.